The van der Waals surface area contributed by atoms with Gasteiger partial charge in [-0.3, -0.25) is 9.78 Å². The van der Waals surface area contributed by atoms with Gasteiger partial charge in [-0.05, 0) is 44.6 Å². The quantitative estimate of drug-likeness (QED) is 0.196. The number of nitrogens with zero attached hydrogens (tertiary/aromatic N) is 1. The molecule has 0 aliphatic heterocycles. The van der Waals surface area contributed by atoms with Crippen LogP contribution in [0, 0.1) is 0 Å². The molecule has 0 atom stereocenters. The van der Waals surface area contributed by atoms with Crippen LogP contribution in [0.25, 0.3) is 0 Å². The first-order chi connectivity index (χ1) is 13.3. The Balaban J connectivity index is 1.87. The Hall–Kier alpha value is -2.16. The molecule has 27 heavy (non-hydrogen) atoms. The summed E-state index contributed by atoms with van der Waals surface area (Å²) in [6, 6.07) is 3.76. The average Bonchev–Trinajstić information content (AvgIpc) is 2.70. The summed E-state index contributed by atoms with van der Waals surface area (Å²) in [6.45, 7) is 2.48. The molecule has 3 nitrogen and oxygen atoms in total. The predicted molar refractivity (Wildman–Crippen MR) is 113 cm³/mol. The van der Waals surface area contributed by atoms with Gasteiger partial charge in [0.2, 0.25) is 0 Å². The fourth-order valence-corrected chi connectivity index (χ4v) is 2.61. The Kier molecular flexibility index (Phi) is 14.6. The van der Waals surface area contributed by atoms with E-state index in [0.717, 1.165) is 44.1 Å². The molecule has 1 rings (SSSR count). The highest BCUT2D eigenvalue weighted by Gasteiger charge is 2.03. The number of esters is 1. The van der Waals surface area contributed by atoms with Gasteiger partial charge >= 0.3 is 5.97 Å². The number of rotatable bonds is 15. The number of allylic oxidation sites excluding steroid dienone is 6. The van der Waals surface area contributed by atoms with Crippen molar-refractivity contribution >= 4 is 5.97 Å². The lowest BCUT2D eigenvalue weighted by atomic mass is 10.1. The molecule has 0 N–H and O–H groups in total. The maximum Gasteiger partial charge on any atom is 0.306 e. The summed E-state index contributed by atoms with van der Waals surface area (Å²) >= 11 is 0. The van der Waals surface area contributed by atoms with E-state index in [4.69, 9.17) is 4.74 Å². The minimum absolute atomic E-state index is 0.111. The van der Waals surface area contributed by atoms with E-state index in [0.29, 0.717) is 13.0 Å². The second kappa shape index (κ2) is 17.3. The van der Waals surface area contributed by atoms with E-state index in [-0.39, 0.29) is 5.97 Å². The third-order valence-electron chi connectivity index (χ3n) is 4.15. The molecule has 0 amide bonds. The molecular weight excluding hydrogens is 334 g/mol. The summed E-state index contributed by atoms with van der Waals surface area (Å²) in [5, 5.41) is 0. The number of unbranched alkanes of at least 4 members (excludes halogenated alkanes) is 5. The zero-order valence-electron chi connectivity index (χ0n) is 16.8. The van der Waals surface area contributed by atoms with Gasteiger partial charge < -0.3 is 4.74 Å². The maximum atomic E-state index is 11.7. The zero-order chi connectivity index (χ0) is 19.4. The molecule has 1 aromatic heterocycles. The van der Waals surface area contributed by atoms with Crippen LogP contribution in [0.1, 0.15) is 76.7 Å². The van der Waals surface area contributed by atoms with Crippen LogP contribution >= 0.6 is 0 Å². The first kappa shape index (κ1) is 22.9. The van der Waals surface area contributed by atoms with Gasteiger partial charge in [-0.15, -0.1) is 0 Å². The molecule has 0 bridgehead atoms. The van der Waals surface area contributed by atoms with Gasteiger partial charge in [-0.2, -0.15) is 0 Å². The standard InChI is InChI=1S/C24H35NO2/c1-2-3-4-5-6-7-8-9-10-11-12-13-14-15-16-19-24(26)27-22-23-18-17-20-25-21-23/h3-4,6-7,9-10,17-18,20-21H,2,5,8,11-16,19,22H2,1H3/b4-3-,7-6-,10-9-. The highest BCUT2D eigenvalue weighted by molar-refractivity contribution is 5.69. The Labute approximate surface area is 165 Å². The summed E-state index contributed by atoms with van der Waals surface area (Å²) in [6.07, 6.45) is 27.3. The van der Waals surface area contributed by atoms with E-state index >= 15 is 0 Å². The van der Waals surface area contributed by atoms with Crippen molar-refractivity contribution in [1.82, 2.24) is 4.98 Å². The number of hydrogen-bond donors (Lipinski definition) is 0. The molecule has 1 heterocycles. The highest BCUT2D eigenvalue weighted by atomic mass is 16.5. The fraction of sp³-hybridized carbons (Fsp3) is 0.500. The van der Waals surface area contributed by atoms with Crippen LogP contribution in [0.3, 0.4) is 0 Å². The van der Waals surface area contributed by atoms with Crippen molar-refractivity contribution in [3.63, 3.8) is 0 Å². The molecule has 0 radical (unpaired) electrons. The first-order valence-electron chi connectivity index (χ1n) is 10.3. The van der Waals surface area contributed by atoms with Gasteiger partial charge in [0.05, 0.1) is 0 Å². The molecule has 0 fully saturated rings. The summed E-state index contributed by atoms with van der Waals surface area (Å²) in [5.41, 5.74) is 0.933. The summed E-state index contributed by atoms with van der Waals surface area (Å²) in [5.74, 6) is -0.111. The Morgan fingerprint density at radius 1 is 0.963 bits per heavy atom. The number of ether oxygens (including phenoxy) is 1. The Morgan fingerprint density at radius 3 is 2.41 bits per heavy atom. The number of hydrogen-bond acceptors (Lipinski definition) is 3. The molecule has 0 saturated carbocycles. The van der Waals surface area contributed by atoms with Crippen LogP contribution in [0.5, 0.6) is 0 Å². The van der Waals surface area contributed by atoms with E-state index < -0.39 is 0 Å². The second-order valence-electron chi connectivity index (χ2n) is 6.62. The first-order valence-corrected chi connectivity index (χ1v) is 10.3. The third-order valence-corrected chi connectivity index (χ3v) is 4.15. The molecule has 148 valence electrons. The summed E-state index contributed by atoms with van der Waals surface area (Å²) in [4.78, 5) is 15.7. The Bertz CT molecular complexity index is 561. The minimum Gasteiger partial charge on any atom is -0.461 e. The van der Waals surface area contributed by atoms with Crippen LogP contribution in [-0.4, -0.2) is 11.0 Å². The molecule has 0 saturated heterocycles. The van der Waals surface area contributed by atoms with Gasteiger partial charge in [0.25, 0.3) is 0 Å². The minimum atomic E-state index is -0.111. The lowest BCUT2D eigenvalue weighted by Crippen LogP contribution is -2.04. The van der Waals surface area contributed by atoms with E-state index in [1.807, 2.05) is 12.1 Å². The van der Waals surface area contributed by atoms with Crippen molar-refractivity contribution in [2.45, 2.75) is 77.7 Å². The lowest BCUT2D eigenvalue weighted by molar-refractivity contribution is -0.145. The number of carbonyl (C=O) groups is 1. The number of pyridine rings is 1. The van der Waals surface area contributed by atoms with Crippen molar-refractivity contribution < 1.29 is 9.53 Å². The van der Waals surface area contributed by atoms with Gasteiger partial charge in [-0.25, -0.2) is 0 Å². The smallest absolute Gasteiger partial charge is 0.306 e. The molecule has 1 aromatic rings. The van der Waals surface area contributed by atoms with Crippen molar-refractivity contribution in [2.24, 2.45) is 0 Å². The summed E-state index contributed by atoms with van der Waals surface area (Å²) in [7, 11) is 0. The molecule has 0 aromatic carbocycles. The van der Waals surface area contributed by atoms with Crippen LogP contribution in [0.4, 0.5) is 0 Å². The van der Waals surface area contributed by atoms with Crippen LogP contribution in [0.15, 0.2) is 61.0 Å². The largest absolute Gasteiger partial charge is 0.461 e. The van der Waals surface area contributed by atoms with Crippen LogP contribution in [0.2, 0.25) is 0 Å². The molecule has 0 aliphatic rings. The molecular formula is C24H35NO2. The van der Waals surface area contributed by atoms with Crippen LogP contribution in [-0.2, 0) is 16.1 Å². The van der Waals surface area contributed by atoms with E-state index in [1.54, 1.807) is 12.4 Å². The van der Waals surface area contributed by atoms with Crippen molar-refractivity contribution in [1.29, 1.82) is 0 Å². The number of carbonyl (C=O) groups excluding carboxylic acids is 1. The average molecular weight is 370 g/mol. The fourth-order valence-electron chi connectivity index (χ4n) is 2.61. The molecule has 0 spiro atoms. The lowest BCUT2D eigenvalue weighted by Gasteiger charge is -2.04. The SMILES string of the molecule is CC/C=C\C/C=C\C/C=C\CCCCCCCC(=O)OCc1cccnc1. The molecule has 0 unspecified atom stereocenters. The monoisotopic (exact) mass is 369 g/mol. The topological polar surface area (TPSA) is 39.2 Å². The normalized spacial score (nSPS) is 11.7. The summed E-state index contributed by atoms with van der Waals surface area (Å²) < 4.78 is 5.25. The maximum absolute atomic E-state index is 11.7. The van der Waals surface area contributed by atoms with Gasteiger partial charge in [-0.1, -0.05) is 68.7 Å². The Morgan fingerprint density at radius 2 is 1.67 bits per heavy atom. The molecule has 3 heteroatoms. The van der Waals surface area contributed by atoms with Crippen molar-refractivity contribution in [2.75, 3.05) is 0 Å². The van der Waals surface area contributed by atoms with Crippen LogP contribution < -0.4 is 0 Å². The van der Waals surface area contributed by atoms with Gasteiger partial charge in [0, 0.05) is 24.4 Å². The highest BCUT2D eigenvalue weighted by Crippen LogP contribution is 2.09. The van der Waals surface area contributed by atoms with Crippen molar-refractivity contribution in [3.05, 3.63) is 66.5 Å². The van der Waals surface area contributed by atoms with E-state index in [9.17, 15) is 4.79 Å². The van der Waals surface area contributed by atoms with Gasteiger partial charge in [0.1, 0.15) is 6.61 Å². The van der Waals surface area contributed by atoms with E-state index in [2.05, 4.69) is 48.4 Å². The van der Waals surface area contributed by atoms with Gasteiger partial charge in [0.15, 0.2) is 0 Å². The molecule has 0 aliphatic carbocycles. The predicted octanol–water partition coefficient (Wildman–Crippen LogP) is 6.71. The number of aromatic nitrogens is 1. The van der Waals surface area contributed by atoms with Crippen molar-refractivity contribution in [3.8, 4) is 0 Å². The van der Waals surface area contributed by atoms with E-state index in [1.165, 1.54) is 19.3 Å². The zero-order valence-corrected chi connectivity index (χ0v) is 16.8. The third kappa shape index (κ3) is 14.7. The second-order valence-corrected chi connectivity index (χ2v) is 6.62.